The van der Waals surface area contributed by atoms with Gasteiger partial charge in [0, 0.05) is 24.1 Å². The third kappa shape index (κ3) is 4.36. The van der Waals surface area contributed by atoms with Gasteiger partial charge in [-0.25, -0.2) is 0 Å². The third-order valence-corrected chi connectivity index (χ3v) is 4.14. The van der Waals surface area contributed by atoms with Gasteiger partial charge in [-0.1, -0.05) is 68.4 Å². The van der Waals surface area contributed by atoms with Crippen molar-refractivity contribution in [3.63, 3.8) is 0 Å². The smallest absolute Gasteiger partial charge is 0.251 e. The zero-order valence-electron chi connectivity index (χ0n) is 15.3. The molecule has 2 aromatic carbocycles. The van der Waals surface area contributed by atoms with Crippen LogP contribution < -0.4 is 5.32 Å². The Labute approximate surface area is 153 Å². The molecule has 0 bridgehead atoms. The molecule has 0 aliphatic heterocycles. The molecule has 5 heteroatoms. The van der Waals surface area contributed by atoms with Crippen LogP contribution in [0.1, 0.15) is 42.6 Å². The van der Waals surface area contributed by atoms with Gasteiger partial charge in [-0.15, -0.1) is 0 Å². The maximum absolute atomic E-state index is 12.2. The Morgan fingerprint density at radius 2 is 1.73 bits per heavy atom. The minimum absolute atomic E-state index is 0.0728. The SMILES string of the molecule is CC(C)(C)c1ccc(C(=O)NCCc2nc(-c3ccccc3)no2)cc1. The molecule has 134 valence electrons. The van der Waals surface area contributed by atoms with Crippen LogP contribution >= 0.6 is 0 Å². The highest BCUT2D eigenvalue weighted by Gasteiger charge is 2.14. The molecule has 0 radical (unpaired) electrons. The lowest BCUT2D eigenvalue weighted by Gasteiger charge is -2.19. The molecule has 0 saturated carbocycles. The first-order valence-corrected chi connectivity index (χ1v) is 8.70. The molecule has 1 aromatic heterocycles. The first-order valence-electron chi connectivity index (χ1n) is 8.70. The summed E-state index contributed by atoms with van der Waals surface area (Å²) in [5.74, 6) is 0.963. The van der Waals surface area contributed by atoms with E-state index in [2.05, 4.69) is 36.2 Å². The molecular formula is C21H23N3O2. The molecule has 0 saturated heterocycles. The van der Waals surface area contributed by atoms with E-state index < -0.39 is 0 Å². The number of rotatable bonds is 5. The lowest BCUT2D eigenvalue weighted by Crippen LogP contribution is -2.25. The van der Waals surface area contributed by atoms with Gasteiger partial charge in [-0.05, 0) is 23.1 Å². The molecule has 0 fully saturated rings. The predicted molar refractivity (Wildman–Crippen MR) is 101 cm³/mol. The molecule has 1 N–H and O–H groups in total. The summed E-state index contributed by atoms with van der Waals surface area (Å²) in [7, 11) is 0. The molecular weight excluding hydrogens is 326 g/mol. The van der Waals surface area contributed by atoms with Crippen LogP contribution in [0.25, 0.3) is 11.4 Å². The highest BCUT2D eigenvalue weighted by molar-refractivity contribution is 5.94. The molecule has 1 amide bonds. The molecule has 26 heavy (non-hydrogen) atoms. The van der Waals surface area contributed by atoms with Crippen molar-refractivity contribution in [3.8, 4) is 11.4 Å². The van der Waals surface area contributed by atoms with E-state index in [1.807, 2.05) is 54.6 Å². The molecule has 3 aromatic rings. The van der Waals surface area contributed by atoms with Gasteiger partial charge >= 0.3 is 0 Å². The molecule has 0 unspecified atom stereocenters. The number of aromatic nitrogens is 2. The molecule has 0 aliphatic rings. The topological polar surface area (TPSA) is 68.0 Å². The lowest BCUT2D eigenvalue weighted by atomic mass is 9.87. The first-order chi connectivity index (χ1) is 12.4. The second-order valence-corrected chi connectivity index (χ2v) is 7.21. The lowest BCUT2D eigenvalue weighted by molar-refractivity contribution is 0.0953. The Hall–Kier alpha value is -2.95. The van der Waals surface area contributed by atoms with E-state index in [4.69, 9.17) is 4.52 Å². The fraction of sp³-hybridized carbons (Fsp3) is 0.286. The normalized spacial score (nSPS) is 11.3. The third-order valence-electron chi connectivity index (χ3n) is 4.14. The van der Waals surface area contributed by atoms with E-state index in [0.29, 0.717) is 30.2 Å². The van der Waals surface area contributed by atoms with E-state index in [0.717, 1.165) is 5.56 Å². The second-order valence-electron chi connectivity index (χ2n) is 7.21. The average molecular weight is 349 g/mol. The van der Waals surface area contributed by atoms with Crippen molar-refractivity contribution in [1.29, 1.82) is 0 Å². The molecule has 5 nitrogen and oxygen atoms in total. The number of nitrogens with one attached hydrogen (secondary N) is 1. The fourth-order valence-corrected chi connectivity index (χ4v) is 2.57. The molecule has 3 rings (SSSR count). The summed E-state index contributed by atoms with van der Waals surface area (Å²) >= 11 is 0. The van der Waals surface area contributed by atoms with Crippen LogP contribution in [0.3, 0.4) is 0 Å². The second kappa shape index (κ2) is 7.52. The summed E-state index contributed by atoms with van der Waals surface area (Å²) in [4.78, 5) is 16.6. The zero-order chi connectivity index (χ0) is 18.6. The number of carbonyl (C=O) groups excluding carboxylic acids is 1. The van der Waals surface area contributed by atoms with Crippen molar-refractivity contribution >= 4 is 5.91 Å². The van der Waals surface area contributed by atoms with Crippen LogP contribution in [-0.4, -0.2) is 22.6 Å². The van der Waals surface area contributed by atoms with Crippen LogP contribution in [0, 0.1) is 0 Å². The predicted octanol–water partition coefficient (Wildman–Crippen LogP) is 4.01. The van der Waals surface area contributed by atoms with E-state index in [1.54, 1.807) is 0 Å². The summed E-state index contributed by atoms with van der Waals surface area (Å²) in [6.07, 6.45) is 0.492. The van der Waals surface area contributed by atoms with Crippen LogP contribution in [0.2, 0.25) is 0 Å². The minimum Gasteiger partial charge on any atom is -0.352 e. The van der Waals surface area contributed by atoms with Crippen LogP contribution in [0.15, 0.2) is 59.1 Å². The number of nitrogens with zero attached hydrogens (tertiary/aromatic N) is 2. The van der Waals surface area contributed by atoms with Gasteiger partial charge in [0.25, 0.3) is 5.91 Å². The van der Waals surface area contributed by atoms with Crippen molar-refractivity contribution in [2.24, 2.45) is 0 Å². The maximum Gasteiger partial charge on any atom is 0.251 e. The summed E-state index contributed by atoms with van der Waals surface area (Å²) in [5.41, 5.74) is 2.83. The van der Waals surface area contributed by atoms with Crippen molar-refractivity contribution < 1.29 is 9.32 Å². The highest BCUT2D eigenvalue weighted by Crippen LogP contribution is 2.22. The Kier molecular flexibility index (Phi) is 5.16. The largest absolute Gasteiger partial charge is 0.352 e. The van der Waals surface area contributed by atoms with Gasteiger partial charge in [0.1, 0.15) is 0 Å². The number of hydrogen-bond donors (Lipinski definition) is 1. The van der Waals surface area contributed by atoms with Gasteiger partial charge < -0.3 is 9.84 Å². The Balaban J connectivity index is 1.53. The fourth-order valence-electron chi connectivity index (χ4n) is 2.57. The van der Waals surface area contributed by atoms with Crippen molar-refractivity contribution in [2.45, 2.75) is 32.6 Å². The number of carbonyl (C=O) groups is 1. The van der Waals surface area contributed by atoms with Crippen molar-refractivity contribution in [1.82, 2.24) is 15.5 Å². The average Bonchev–Trinajstić information content (AvgIpc) is 3.11. The summed E-state index contributed by atoms with van der Waals surface area (Å²) < 4.78 is 5.25. The first kappa shape index (κ1) is 17.9. The van der Waals surface area contributed by atoms with Crippen LogP contribution in [-0.2, 0) is 11.8 Å². The van der Waals surface area contributed by atoms with Crippen molar-refractivity contribution in [2.75, 3.05) is 6.54 Å². The summed E-state index contributed by atoms with van der Waals surface area (Å²) in [6, 6.07) is 17.4. The number of hydrogen-bond acceptors (Lipinski definition) is 4. The molecule has 1 heterocycles. The number of amides is 1. The Morgan fingerprint density at radius 3 is 2.38 bits per heavy atom. The number of benzene rings is 2. The van der Waals surface area contributed by atoms with Crippen LogP contribution in [0.5, 0.6) is 0 Å². The molecule has 0 spiro atoms. The Morgan fingerprint density at radius 1 is 1.04 bits per heavy atom. The maximum atomic E-state index is 12.2. The van der Waals surface area contributed by atoms with E-state index >= 15 is 0 Å². The van der Waals surface area contributed by atoms with E-state index in [-0.39, 0.29) is 11.3 Å². The minimum atomic E-state index is -0.103. The standard InChI is InChI=1S/C21H23N3O2/c1-21(2,3)17-11-9-16(10-12-17)20(25)22-14-13-18-23-19(24-26-18)15-7-5-4-6-8-15/h4-12H,13-14H2,1-3H3,(H,22,25). The Bertz CT molecular complexity index is 862. The van der Waals surface area contributed by atoms with Crippen molar-refractivity contribution in [3.05, 3.63) is 71.6 Å². The highest BCUT2D eigenvalue weighted by atomic mass is 16.5. The van der Waals surface area contributed by atoms with E-state index in [1.165, 1.54) is 5.56 Å². The van der Waals surface area contributed by atoms with Gasteiger partial charge in [0.2, 0.25) is 11.7 Å². The van der Waals surface area contributed by atoms with Gasteiger partial charge in [0.15, 0.2) is 0 Å². The quantitative estimate of drug-likeness (QED) is 0.756. The van der Waals surface area contributed by atoms with Crippen LogP contribution in [0.4, 0.5) is 0 Å². The molecule has 0 aliphatic carbocycles. The monoisotopic (exact) mass is 349 g/mol. The van der Waals surface area contributed by atoms with Gasteiger partial charge in [-0.2, -0.15) is 4.98 Å². The van der Waals surface area contributed by atoms with E-state index in [9.17, 15) is 4.79 Å². The van der Waals surface area contributed by atoms with Gasteiger partial charge in [-0.3, -0.25) is 4.79 Å². The molecule has 0 atom stereocenters. The zero-order valence-corrected chi connectivity index (χ0v) is 15.3. The van der Waals surface area contributed by atoms with Gasteiger partial charge in [0.05, 0.1) is 0 Å². The summed E-state index contributed by atoms with van der Waals surface area (Å²) in [5, 5.41) is 6.86. The summed E-state index contributed by atoms with van der Waals surface area (Å²) in [6.45, 7) is 6.89.